The van der Waals surface area contributed by atoms with Crippen molar-refractivity contribution in [2.75, 3.05) is 0 Å². The third kappa shape index (κ3) is 4.48. The minimum absolute atomic E-state index is 0.0694. The van der Waals surface area contributed by atoms with Crippen LogP contribution < -0.4 is 0 Å². The number of hydrogen-bond acceptors (Lipinski definition) is 1. The summed E-state index contributed by atoms with van der Waals surface area (Å²) in [6.45, 7) is 5.88. The Bertz CT molecular complexity index is 37.3. The van der Waals surface area contributed by atoms with E-state index in [2.05, 4.69) is 20.2 Å². The van der Waals surface area contributed by atoms with Gasteiger partial charge in [0.25, 0.3) is 0 Å². The van der Waals surface area contributed by atoms with Crippen LogP contribution in [0.25, 0.3) is 0 Å². The molecule has 0 aliphatic rings. The molecule has 0 amide bonds. The van der Waals surface area contributed by atoms with Gasteiger partial charge in [0, 0.05) is 0 Å². The second kappa shape index (κ2) is 1.97. The van der Waals surface area contributed by atoms with E-state index in [1.165, 1.54) is 0 Å². The first kappa shape index (κ1) is 6.48. The zero-order valence-corrected chi connectivity index (χ0v) is 5.37. The maximum atomic E-state index is 4.69. The Balaban J connectivity index is 3.17. The summed E-state index contributed by atoms with van der Waals surface area (Å²) < 4.78 is 4.69. The molecule has 0 spiro atoms. The van der Waals surface area contributed by atoms with Gasteiger partial charge >= 0.3 is 46.5 Å². The van der Waals surface area contributed by atoms with Crippen molar-refractivity contribution in [3.63, 3.8) is 0 Å². The summed E-state index contributed by atoms with van der Waals surface area (Å²) >= 11 is 3.26. The molecule has 0 heterocycles. The van der Waals surface area contributed by atoms with Gasteiger partial charge < -0.3 is 0 Å². The molecule has 6 heavy (non-hydrogen) atoms. The van der Waals surface area contributed by atoms with E-state index < -0.39 is 0 Å². The monoisotopic (exact) mass is 129 g/mol. The average molecular weight is 129 g/mol. The molecule has 0 fully saturated rings. The molecule has 0 aromatic heterocycles. The van der Waals surface area contributed by atoms with E-state index in [0.717, 1.165) is 0 Å². The van der Waals surface area contributed by atoms with E-state index in [1.807, 2.05) is 20.8 Å². The van der Waals surface area contributed by atoms with E-state index in [0.29, 0.717) is 0 Å². The van der Waals surface area contributed by atoms with Gasteiger partial charge in [0.1, 0.15) is 0 Å². The van der Waals surface area contributed by atoms with Crippen LogP contribution in [-0.2, 0) is 20.2 Å². The molecule has 0 aromatic rings. The first-order chi connectivity index (χ1) is 2.56. The zero-order chi connectivity index (χ0) is 5.21. The summed E-state index contributed by atoms with van der Waals surface area (Å²) in [5.74, 6) is 0. The summed E-state index contributed by atoms with van der Waals surface area (Å²) in [4.78, 5) is 0. The van der Waals surface area contributed by atoms with Gasteiger partial charge in [-0.25, -0.2) is 0 Å². The predicted octanol–water partition coefficient (Wildman–Crippen LogP) is 1.26. The maximum absolute atomic E-state index is 4.69. The van der Waals surface area contributed by atoms with Crippen LogP contribution in [0.5, 0.6) is 0 Å². The molecule has 0 saturated heterocycles. The quantitative estimate of drug-likeness (QED) is 0.447. The van der Waals surface area contributed by atoms with E-state index in [4.69, 9.17) is 0 Å². The normalized spacial score (nSPS) is 11.8. The molecular weight excluding hydrogens is 120 g/mol. The van der Waals surface area contributed by atoms with Crippen LogP contribution >= 0.6 is 0 Å². The van der Waals surface area contributed by atoms with Gasteiger partial charge in [0.2, 0.25) is 0 Å². The average Bonchev–Trinajstić information content (AvgIpc) is 1.35. The summed E-state index contributed by atoms with van der Waals surface area (Å²) in [7, 11) is 0. The number of hydrogen-bond donors (Lipinski definition) is 0. The molecule has 37 valence electrons. The van der Waals surface area contributed by atoms with Crippen molar-refractivity contribution >= 4 is 0 Å². The fourth-order valence-corrected chi connectivity index (χ4v) is 0. The molecule has 0 rings (SSSR count). The van der Waals surface area contributed by atoms with Crippen LogP contribution in [0.15, 0.2) is 0 Å². The summed E-state index contributed by atoms with van der Waals surface area (Å²) in [6.07, 6.45) is 0. The topological polar surface area (TPSA) is 9.23 Å². The van der Waals surface area contributed by atoms with Crippen LogP contribution in [0.3, 0.4) is 0 Å². The second-order valence-electron chi connectivity index (χ2n) is 2.18. The first-order valence-corrected chi connectivity index (χ1v) is 2.30. The van der Waals surface area contributed by atoms with Gasteiger partial charge in [-0.3, -0.25) is 0 Å². The molecule has 0 aromatic carbocycles. The molecule has 0 radical (unpaired) electrons. The van der Waals surface area contributed by atoms with Crippen LogP contribution in [0.4, 0.5) is 0 Å². The summed E-state index contributed by atoms with van der Waals surface area (Å²) in [6, 6.07) is 0. The van der Waals surface area contributed by atoms with Crippen molar-refractivity contribution < 1.29 is 20.2 Å². The van der Waals surface area contributed by atoms with E-state index in [9.17, 15) is 0 Å². The Labute approximate surface area is 47.2 Å². The molecule has 0 N–H and O–H groups in total. The zero-order valence-electron chi connectivity index (χ0n) is 4.26. The molecule has 0 aliphatic carbocycles. The van der Waals surface area contributed by atoms with Crippen LogP contribution in [0.2, 0.25) is 0 Å². The third-order valence-corrected chi connectivity index (χ3v) is 0.893. The fraction of sp³-hybridized carbons (Fsp3) is 1.00. The van der Waals surface area contributed by atoms with Crippen LogP contribution in [0.1, 0.15) is 20.8 Å². The van der Waals surface area contributed by atoms with E-state index in [-0.39, 0.29) is 5.60 Å². The minimum atomic E-state index is -0.0694. The summed E-state index contributed by atoms with van der Waals surface area (Å²) in [5.41, 5.74) is -0.0694. The van der Waals surface area contributed by atoms with Crippen LogP contribution in [-0.4, -0.2) is 5.60 Å². The molecule has 0 atom stereocenters. The van der Waals surface area contributed by atoms with Crippen molar-refractivity contribution in [3.8, 4) is 0 Å². The molecule has 1 nitrogen and oxygen atoms in total. The predicted molar refractivity (Wildman–Crippen MR) is 20.8 cm³/mol. The van der Waals surface area contributed by atoms with Crippen molar-refractivity contribution in [1.82, 2.24) is 0 Å². The first-order valence-electron chi connectivity index (χ1n) is 1.85. The Morgan fingerprint density at radius 3 is 1.50 bits per heavy atom. The van der Waals surface area contributed by atoms with Crippen molar-refractivity contribution in [1.29, 1.82) is 0 Å². The molecule has 0 bridgehead atoms. The fourth-order valence-electron chi connectivity index (χ4n) is 0. The Morgan fingerprint density at radius 2 is 1.50 bits per heavy atom. The van der Waals surface area contributed by atoms with E-state index >= 15 is 0 Å². The van der Waals surface area contributed by atoms with Gasteiger partial charge in [-0.1, -0.05) is 0 Å². The van der Waals surface area contributed by atoms with Crippen molar-refractivity contribution in [3.05, 3.63) is 0 Å². The Hall–Kier alpha value is 0.479. The van der Waals surface area contributed by atoms with Gasteiger partial charge in [-0.2, -0.15) is 0 Å². The van der Waals surface area contributed by atoms with Gasteiger partial charge in [-0.05, 0) is 0 Å². The van der Waals surface area contributed by atoms with Gasteiger partial charge in [-0.15, -0.1) is 0 Å². The Morgan fingerprint density at radius 1 is 1.33 bits per heavy atom. The molecule has 0 saturated carbocycles. The number of rotatable bonds is 0. The standard InChI is InChI=1S/C4H9O.Fe/c1-4(2,3)5;/h1-3H3;/q-1;+3. The second-order valence-corrected chi connectivity index (χ2v) is 2.41. The third-order valence-electron chi connectivity index (χ3n) is 0.217. The van der Waals surface area contributed by atoms with Crippen molar-refractivity contribution in [2.45, 2.75) is 26.4 Å². The Kier molecular flexibility index (Phi) is 2.12. The molecule has 0 unspecified atom stereocenters. The molecule has 0 aliphatic heterocycles. The van der Waals surface area contributed by atoms with Crippen LogP contribution in [0, 0.1) is 0 Å². The van der Waals surface area contributed by atoms with Crippen molar-refractivity contribution in [2.24, 2.45) is 0 Å². The molecule has 2 heteroatoms. The summed E-state index contributed by atoms with van der Waals surface area (Å²) in [5, 5.41) is 0. The van der Waals surface area contributed by atoms with E-state index in [1.54, 1.807) is 0 Å². The van der Waals surface area contributed by atoms with Gasteiger partial charge in [0.05, 0.1) is 0 Å². The molecular formula is C4H9FeO+2. The SMILES string of the molecule is CC(C)(C)[O][Fe+2]. The van der Waals surface area contributed by atoms with Gasteiger partial charge in [0.15, 0.2) is 0 Å².